The van der Waals surface area contributed by atoms with Gasteiger partial charge in [0.25, 0.3) is 10.0 Å². The first-order valence-electron chi connectivity index (χ1n) is 7.21. The minimum absolute atomic E-state index is 0.0884. The summed E-state index contributed by atoms with van der Waals surface area (Å²) in [5.74, 6) is -0.421. The Morgan fingerprint density at radius 3 is 2.58 bits per heavy atom. The zero-order valence-electron chi connectivity index (χ0n) is 12.9. The molecule has 1 aliphatic rings. The van der Waals surface area contributed by atoms with Gasteiger partial charge in [0.1, 0.15) is 12.4 Å². The van der Waals surface area contributed by atoms with Crippen molar-refractivity contribution in [3.63, 3.8) is 0 Å². The molecule has 126 valence electrons. The fourth-order valence-corrected chi connectivity index (χ4v) is 3.47. The number of sulfonamides is 1. The fraction of sp³-hybridized carbons (Fsp3) is 0.188. The summed E-state index contributed by atoms with van der Waals surface area (Å²) in [6, 6.07) is 10.2. The van der Waals surface area contributed by atoms with E-state index in [4.69, 9.17) is 9.84 Å². The molecular weight excluding hydrogens is 332 g/mol. The van der Waals surface area contributed by atoms with Crippen molar-refractivity contribution in [1.82, 2.24) is 0 Å². The van der Waals surface area contributed by atoms with Crippen molar-refractivity contribution in [2.75, 3.05) is 29.8 Å². The molecule has 0 aliphatic carbocycles. The number of rotatable bonds is 4. The summed E-state index contributed by atoms with van der Waals surface area (Å²) in [7, 11) is -1.91. The molecule has 1 heterocycles. The molecule has 2 aromatic rings. The summed E-state index contributed by atoms with van der Waals surface area (Å²) in [4.78, 5) is 12.9. The maximum absolute atomic E-state index is 12.5. The molecule has 0 saturated carbocycles. The Kier molecular flexibility index (Phi) is 4.06. The second kappa shape index (κ2) is 6.04. The molecule has 0 fully saturated rings. The largest absolute Gasteiger partial charge is 0.490 e. The van der Waals surface area contributed by atoms with Gasteiger partial charge in [-0.15, -0.1) is 0 Å². The van der Waals surface area contributed by atoms with Crippen molar-refractivity contribution in [3.05, 3.63) is 48.0 Å². The summed E-state index contributed by atoms with van der Waals surface area (Å²) in [6.45, 7) is 1.24. The summed E-state index contributed by atoms with van der Waals surface area (Å²) < 4.78 is 33.0. The molecule has 0 bridgehead atoms. The molecule has 0 spiro atoms. The maximum atomic E-state index is 12.5. The number of likely N-dealkylation sites (N-methyl/N-ethyl adjacent to an activating group) is 1. The number of ether oxygens (including phenoxy) is 1. The number of carbonyl (C=O) groups is 1. The van der Waals surface area contributed by atoms with E-state index < -0.39 is 16.0 Å². The average molecular weight is 348 g/mol. The Bertz CT molecular complexity index is 878. The maximum Gasteiger partial charge on any atom is 0.335 e. The minimum Gasteiger partial charge on any atom is -0.490 e. The molecule has 0 atom stereocenters. The lowest BCUT2D eigenvalue weighted by Crippen LogP contribution is -2.29. The smallest absolute Gasteiger partial charge is 0.335 e. The van der Waals surface area contributed by atoms with E-state index in [-0.39, 0.29) is 10.5 Å². The molecule has 0 aromatic heterocycles. The molecule has 7 nitrogen and oxygen atoms in total. The number of nitrogens with zero attached hydrogens (tertiary/aromatic N) is 1. The Morgan fingerprint density at radius 1 is 1.21 bits per heavy atom. The number of hydrogen-bond donors (Lipinski definition) is 2. The highest BCUT2D eigenvalue weighted by Crippen LogP contribution is 2.33. The number of benzene rings is 2. The first-order chi connectivity index (χ1) is 11.4. The SMILES string of the molecule is CN1CCOc2ccc(S(=O)(=O)Nc3ccc(C(=O)O)cc3)cc21. The van der Waals surface area contributed by atoms with Crippen molar-refractivity contribution in [2.24, 2.45) is 0 Å². The quantitative estimate of drug-likeness (QED) is 0.877. The third-order valence-corrected chi connectivity index (χ3v) is 5.10. The van der Waals surface area contributed by atoms with Crippen LogP contribution in [0, 0.1) is 0 Å². The minimum atomic E-state index is -3.78. The number of carboxylic acid groups (broad SMARTS) is 1. The average Bonchev–Trinajstić information content (AvgIpc) is 2.55. The van der Waals surface area contributed by atoms with E-state index in [0.717, 1.165) is 0 Å². The van der Waals surface area contributed by atoms with Crippen LogP contribution in [0.3, 0.4) is 0 Å². The molecule has 0 amide bonds. The van der Waals surface area contributed by atoms with Gasteiger partial charge in [-0.2, -0.15) is 0 Å². The van der Waals surface area contributed by atoms with Crippen LogP contribution in [0.5, 0.6) is 5.75 Å². The van der Waals surface area contributed by atoms with Gasteiger partial charge in [-0.05, 0) is 42.5 Å². The molecule has 1 aliphatic heterocycles. The number of carboxylic acids is 1. The molecule has 8 heteroatoms. The predicted octanol–water partition coefficient (Wildman–Crippen LogP) is 2.01. The summed E-state index contributed by atoms with van der Waals surface area (Å²) >= 11 is 0. The third kappa shape index (κ3) is 3.13. The van der Waals surface area contributed by atoms with E-state index >= 15 is 0 Å². The zero-order chi connectivity index (χ0) is 17.3. The molecule has 0 unspecified atom stereocenters. The molecule has 0 saturated heterocycles. The Morgan fingerprint density at radius 2 is 1.92 bits per heavy atom. The van der Waals surface area contributed by atoms with Crippen molar-refractivity contribution < 1.29 is 23.1 Å². The van der Waals surface area contributed by atoms with E-state index in [1.54, 1.807) is 12.1 Å². The van der Waals surface area contributed by atoms with Gasteiger partial charge in [-0.1, -0.05) is 0 Å². The molecule has 2 aromatic carbocycles. The van der Waals surface area contributed by atoms with E-state index in [1.165, 1.54) is 30.3 Å². The van der Waals surface area contributed by atoms with Gasteiger partial charge >= 0.3 is 5.97 Å². The van der Waals surface area contributed by atoms with Gasteiger partial charge in [0.05, 0.1) is 22.7 Å². The van der Waals surface area contributed by atoms with Crippen molar-refractivity contribution >= 4 is 27.4 Å². The monoisotopic (exact) mass is 348 g/mol. The van der Waals surface area contributed by atoms with Crippen LogP contribution in [0.15, 0.2) is 47.4 Å². The fourth-order valence-electron chi connectivity index (χ4n) is 2.39. The van der Waals surface area contributed by atoms with Crippen LogP contribution in [-0.2, 0) is 10.0 Å². The number of hydrogen-bond acceptors (Lipinski definition) is 5. The molecule has 0 radical (unpaired) electrons. The number of aromatic carboxylic acids is 1. The van der Waals surface area contributed by atoms with E-state index in [1.807, 2.05) is 11.9 Å². The second-order valence-electron chi connectivity index (χ2n) is 5.39. The number of nitrogens with one attached hydrogen (secondary N) is 1. The Hall–Kier alpha value is -2.74. The third-order valence-electron chi connectivity index (χ3n) is 3.72. The van der Waals surface area contributed by atoms with Gasteiger partial charge in [0.15, 0.2) is 0 Å². The summed E-state index contributed by atoms with van der Waals surface area (Å²) in [5.41, 5.74) is 1.10. The standard InChI is InChI=1S/C16H16N2O5S/c1-18-8-9-23-15-7-6-13(10-14(15)18)24(21,22)17-12-4-2-11(3-5-12)16(19)20/h2-7,10,17H,8-9H2,1H3,(H,19,20). The van der Waals surface area contributed by atoms with Gasteiger partial charge in [0.2, 0.25) is 0 Å². The topological polar surface area (TPSA) is 95.9 Å². The number of anilines is 2. The van der Waals surface area contributed by atoms with Gasteiger partial charge in [0, 0.05) is 12.7 Å². The van der Waals surface area contributed by atoms with E-state index in [0.29, 0.717) is 30.3 Å². The van der Waals surface area contributed by atoms with Gasteiger partial charge < -0.3 is 14.7 Å². The van der Waals surface area contributed by atoms with E-state index in [9.17, 15) is 13.2 Å². The zero-order valence-corrected chi connectivity index (χ0v) is 13.7. The Labute approximate surface area is 139 Å². The first-order valence-corrected chi connectivity index (χ1v) is 8.69. The summed E-state index contributed by atoms with van der Waals surface area (Å²) in [5, 5.41) is 8.87. The van der Waals surface area contributed by atoms with E-state index in [2.05, 4.69) is 4.72 Å². The second-order valence-corrected chi connectivity index (χ2v) is 7.07. The van der Waals surface area contributed by atoms with Gasteiger partial charge in [-0.25, -0.2) is 13.2 Å². The highest BCUT2D eigenvalue weighted by atomic mass is 32.2. The molecule has 2 N–H and O–H groups in total. The highest BCUT2D eigenvalue weighted by molar-refractivity contribution is 7.92. The first kappa shape index (κ1) is 16.1. The van der Waals surface area contributed by atoms with Crippen molar-refractivity contribution in [2.45, 2.75) is 4.90 Å². The van der Waals surface area contributed by atoms with Crippen LogP contribution < -0.4 is 14.4 Å². The van der Waals surface area contributed by atoms with Crippen LogP contribution in [-0.4, -0.2) is 39.7 Å². The molecular formula is C16H16N2O5S. The van der Waals surface area contributed by atoms with Gasteiger partial charge in [-0.3, -0.25) is 4.72 Å². The molecule has 3 rings (SSSR count). The van der Waals surface area contributed by atoms with Crippen molar-refractivity contribution in [3.8, 4) is 5.75 Å². The number of fused-ring (bicyclic) bond motifs is 1. The predicted molar refractivity (Wildman–Crippen MR) is 89.4 cm³/mol. The lowest BCUT2D eigenvalue weighted by atomic mass is 10.2. The normalized spacial score (nSPS) is 13.8. The van der Waals surface area contributed by atoms with Crippen LogP contribution in [0.1, 0.15) is 10.4 Å². The lowest BCUT2D eigenvalue weighted by molar-refractivity contribution is 0.0697. The van der Waals surface area contributed by atoms with Crippen LogP contribution in [0.2, 0.25) is 0 Å². The highest BCUT2D eigenvalue weighted by Gasteiger charge is 2.21. The van der Waals surface area contributed by atoms with Crippen LogP contribution >= 0.6 is 0 Å². The van der Waals surface area contributed by atoms with Crippen LogP contribution in [0.4, 0.5) is 11.4 Å². The molecule has 24 heavy (non-hydrogen) atoms. The lowest BCUT2D eigenvalue weighted by Gasteiger charge is -2.28. The van der Waals surface area contributed by atoms with Crippen molar-refractivity contribution in [1.29, 1.82) is 0 Å². The van der Waals surface area contributed by atoms with Crippen LogP contribution in [0.25, 0.3) is 0 Å². The Balaban J connectivity index is 1.88. The summed E-state index contributed by atoms with van der Waals surface area (Å²) in [6.07, 6.45) is 0.